The zero-order valence-corrected chi connectivity index (χ0v) is 26.5. The number of carbonyl (C=O) groups is 8. The van der Waals surface area contributed by atoms with Gasteiger partial charge in [0.15, 0.2) is 0 Å². The molecule has 0 aliphatic carbocycles. The lowest BCUT2D eigenvalue weighted by molar-refractivity contribution is -0.313. The summed E-state index contributed by atoms with van der Waals surface area (Å²) in [7, 11) is 0. The minimum atomic E-state index is -1.63. The number of carboxylic acids is 5. The molecule has 1 aromatic carbocycles. The van der Waals surface area contributed by atoms with Gasteiger partial charge in [0.25, 0.3) is 11.8 Å². The molecule has 1 aliphatic heterocycles. The number of nitrogens with zero attached hydrogens (tertiary/aromatic N) is 4. The van der Waals surface area contributed by atoms with Crippen LogP contribution in [0.5, 0.6) is 0 Å². The van der Waals surface area contributed by atoms with Crippen molar-refractivity contribution >= 4 is 53.3 Å². The predicted molar refractivity (Wildman–Crippen MR) is 156 cm³/mol. The summed E-state index contributed by atoms with van der Waals surface area (Å²) >= 11 is 0. The van der Waals surface area contributed by atoms with Crippen molar-refractivity contribution in [1.82, 2.24) is 19.6 Å². The molecule has 18 heteroatoms. The van der Waals surface area contributed by atoms with Crippen LogP contribution in [0.1, 0.15) is 31.2 Å². The van der Waals surface area contributed by atoms with E-state index in [1.54, 1.807) is 24.3 Å². The average Bonchev–Trinajstić information content (AvgIpc) is 3.30. The van der Waals surface area contributed by atoms with Gasteiger partial charge >= 0.3 is 0 Å². The Kier molecular flexibility index (Phi) is 16.5. The number of nitrogens with one attached hydrogen (secondary N) is 1. The number of carbonyl (C=O) groups excluding carboxylic acids is 8. The summed E-state index contributed by atoms with van der Waals surface area (Å²) < 4.78 is 0. The minimum Gasteiger partial charge on any atom is -0.549 e. The molecule has 0 saturated heterocycles. The van der Waals surface area contributed by atoms with Crippen LogP contribution in [-0.4, -0.2) is 132 Å². The van der Waals surface area contributed by atoms with Gasteiger partial charge in [-0.15, -0.1) is 0 Å². The molecular formula is C31H36N5O13-5. The van der Waals surface area contributed by atoms with Crippen LogP contribution < -0.4 is 30.8 Å². The lowest BCUT2D eigenvalue weighted by atomic mass is 10.0. The molecule has 1 aliphatic rings. The van der Waals surface area contributed by atoms with E-state index in [4.69, 9.17) is 0 Å². The zero-order valence-electron chi connectivity index (χ0n) is 26.5. The number of anilines is 1. The van der Waals surface area contributed by atoms with Crippen LogP contribution in [0.25, 0.3) is 0 Å². The smallest absolute Gasteiger partial charge is 0.253 e. The molecule has 0 saturated carbocycles. The van der Waals surface area contributed by atoms with Crippen molar-refractivity contribution in [2.45, 2.75) is 38.1 Å². The standard InChI is InChI=1S/C31H41N5O13/c37-24(4-2-1-3-11-36-25(38)9-10-26(36)39)32-22-7-5-21(6-8-22)14-23(35(19-30(46)47)20-31(48)49)15-33(16-27(40)41)12-13-34(17-28(42)43)18-29(44)45/h5-10,23H,1-4,11-20H2,(H,32,37)(H,40,41)(H,42,43)(H,44,45)(H,46,47)(H,48,49)/p-5/t23-/m1/s1. The Balaban J connectivity index is 2.09. The molecule has 0 radical (unpaired) electrons. The summed E-state index contributed by atoms with van der Waals surface area (Å²) in [5.41, 5.74) is 0.958. The Labute approximate surface area is 281 Å². The molecule has 1 aromatic rings. The lowest BCUT2D eigenvalue weighted by Gasteiger charge is -2.37. The van der Waals surface area contributed by atoms with E-state index in [0.717, 1.165) is 14.7 Å². The highest BCUT2D eigenvalue weighted by atomic mass is 16.4. The Morgan fingerprint density at radius 3 is 1.65 bits per heavy atom. The summed E-state index contributed by atoms with van der Waals surface area (Å²) in [6.07, 6.45) is 4.18. The van der Waals surface area contributed by atoms with Gasteiger partial charge in [-0.3, -0.25) is 34.0 Å². The molecule has 0 spiro atoms. The molecule has 0 fully saturated rings. The van der Waals surface area contributed by atoms with E-state index < -0.39 is 68.6 Å². The van der Waals surface area contributed by atoms with Crippen molar-refractivity contribution in [3.8, 4) is 0 Å². The molecule has 1 atom stereocenters. The van der Waals surface area contributed by atoms with Crippen LogP contribution >= 0.6 is 0 Å². The molecule has 49 heavy (non-hydrogen) atoms. The van der Waals surface area contributed by atoms with Gasteiger partial charge in [-0.25, -0.2) is 0 Å². The Morgan fingerprint density at radius 1 is 0.653 bits per heavy atom. The van der Waals surface area contributed by atoms with E-state index >= 15 is 0 Å². The van der Waals surface area contributed by atoms with E-state index in [1.807, 2.05) is 0 Å². The van der Waals surface area contributed by atoms with Gasteiger partial charge in [-0.2, -0.15) is 0 Å². The summed E-state index contributed by atoms with van der Waals surface area (Å²) in [5.74, 6) is -9.04. The minimum absolute atomic E-state index is 0.0301. The molecule has 1 N–H and O–H groups in total. The van der Waals surface area contributed by atoms with Crippen LogP contribution in [0.2, 0.25) is 0 Å². The van der Waals surface area contributed by atoms with Gasteiger partial charge < -0.3 is 54.8 Å². The Morgan fingerprint density at radius 2 is 1.14 bits per heavy atom. The van der Waals surface area contributed by atoms with Crippen molar-refractivity contribution in [3.05, 3.63) is 42.0 Å². The maximum absolute atomic E-state index is 12.4. The van der Waals surface area contributed by atoms with Gasteiger partial charge in [0.05, 0.1) is 29.8 Å². The summed E-state index contributed by atoms with van der Waals surface area (Å²) in [6.45, 7) is -4.64. The van der Waals surface area contributed by atoms with Gasteiger partial charge in [0.1, 0.15) is 0 Å². The third-order valence-electron chi connectivity index (χ3n) is 7.34. The van der Waals surface area contributed by atoms with Gasteiger partial charge in [-0.05, 0) is 37.0 Å². The summed E-state index contributed by atoms with van der Waals surface area (Å²) in [4.78, 5) is 96.4. The normalized spacial score (nSPS) is 13.3. The average molecular weight is 687 g/mol. The highest BCUT2D eigenvalue weighted by Gasteiger charge is 2.24. The fourth-order valence-corrected chi connectivity index (χ4v) is 5.14. The molecule has 3 amide bonds. The number of carboxylic acid groups (broad SMARTS) is 5. The molecule has 0 bridgehead atoms. The van der Waals surface area contributed by atoms with Crippen LogP contribution in [0.15, 0.2) is 36.4 Å². The quantitative estimate of drug-likeness (QED) is 0.0738. The van der Waals surface area contributed by atoms with Crippen LogP contribution in [0.4, 0.5) is 5.69 Å². The van der Waals surface area contributed by atoms with Gasteiger partial charge in [0.2, 0.25) is 5.91 Å². The van der Waals surface area contributed by atoms with Crippen LogP contribution in [0, 0.1) is 0 Å². The van der Waals surface area contributed by atoms with E-state index in [2.05, 4.69) is 5.32 Å². The fourth-order valence-electron chi connectivity index (χ4n) is 5.14. The van der Waals surface area contributed by atoms with Crippen molar-refractivity contribution < 1.29 is 63.9 Å². The molecule has 0 aromatic heterocycles. The number of rotatable bonds is 25. The summed E-state index contributed by atoms with van der Waals surface area (Å²) in [6, 6.07) is 5.29. The zero-order chi connectivity index (χ0) is 36.5. The summed E-state index contributed by atoms with van der Waals surface area (Å²) in [5, 5.41) is 59.3. The maximum atomic E-state index is 12.4. The predicted octanol–water partition coefficient (Wildman–Crippen LogP) is -7.32. The Hall–Kier alpha value is -5.20. The SMILES string of the molecule is O=C([O-])CN(CCN(CC(=O)[O-])C[C@@H](Cc1ccc(NC(=O)CCCCCN2C(=O)C=CC2=O)cc1)N(CC(=O)[O-])CC(=O)[O-])CC(=O)[O-]. The Bertz CT molecular complexity index is 1350. The first-order valence-electron chi connectivity index (χ1n) is 15.2. The van der Waals surface area contributed by atoms with Crippen molar-refractivity contribution in [2.75, 3.05) is 64.2 Å². The largest absolute Gasteiger partial charge is 0.549 e. The van der Waals surface area contributed by atoms with Gasteiger partial charge in [-0.1, -0.05) is 18.6 Å². The first-order valence-corrected chi connectivity index (χ1v) is 15.2. The second kappa shape index (κ2) is 20.2. The topological polar surface area (TPSA) is 277 Å². The number of imide groups is 1. The second-order valence-corrected chi connectivity index (χ2v) is 11.3. The maximum Gasteiger partial charge on any atom is 0.253 e. The van der Waals surface area contributed by atoms with E-state index in [0.29, 0.717) is 30.5 Å². The highest BCUT2D eigenvalue weighted by molar-refractivity contribution is 6.12. The first-order chi connectivity index (χ1) is 23.1. The lowest BCUT2D eigenvalue weighted by Crippen LogP contribution is -2.55. The van der Waals surface area contributed by atoms with E-state index in [-0.39, 0.29) is 56.7 Å². The molecule has 0 unspecified atom stereocenters. The molecule has 2 rings (SSSR count). The third-order valence-corrected chi connectivity index (χ3v) is 7.34. The number of benzene rings is 1. The number of aliphatic carboxylic acids is 5. The molecule has 268 valence electrons. The number of amides is 3. The number of unbranched alkanes of at least 4 members (excludes halogenated alkanes) is 2. The van der Waals surface area contributed by atoms with Gasteiger partial charge in [0, 0.05) is 89.2 Å². The van der Waals surface area contributed by atoms with E-state index in [9.17, 15) is 63.9 Å². The van der Waals surface area contributed by atoms with E-state index in [1.165, 1.54) is 17.1 Å². The third kappa shape index (κ3) is 16.0. The number of hydrogen-bond acceptors (Lipinski definition) is 16. The second-order valence-electron chi connectivity index (χ2n) is 11.3. The fraction of sp³-hybridized carbons (Fsp3) is 0.484. The van der Waals surface area contributed by atoms with Crippen LogP contribution in [-0.2, 0) is 44.8 Å². The van der Waals surface area contributed by atoms with Crippen molar-refractivity contribution in [2.24, 2.45) is 0 Å². The van der Waals surface area contributed by atoms with Crippen molar-refractivity contribution in [3.63, 3.8) is 0 Å². The first kappa shape index (κ1) is 40.0. The van der Waals surface area contributed by atoms with Crippen LogP contribution in [0.3, 0.4) is 0 Å². The monoisotopic (exact) mass is 686 g/mol. The highest BCUT2D eigenvalue weighted by Crippen LogP contribution is 2.16. The number of hydrogen-bond donors (Lipinski definition) is 1. The molecular weight excluding hydrogens is 650 g/mol. The van der Waals surface area contributed by atoms with Crippen molar-refractivity contribution in [1.29, 1.82) is 0 Å². The molecule has 18 nitrogen and oxygen atoms in total. The molecule has 1 heterocycles.